The standard InChI is InChI=1S/C20H27N3O2.HI/c1-4-21-20(23-14-17-10-7-8-12-19(17)25-3)22-13-16-9-5-6-11-18(16)15-24-2;/h5-12H,4,13-15H2,1-3H3,(H2,21,22,23);1H. The van der Waals surface area contributed by atoms with E-state index in [2.05, 4.69) is 34.7 Å². The van der Waals surface area contributed by atoms with Gasteiger partial charge in [0, 0.05) is 25.8 Å². The van der Waals surface area contributed by atoms with E-state index >= 15 is 0 Å². The first kappa shape index (κ1) is 22.2. The predicted molar refractivity (Wildman–Crippen MR) is 117 cm³/mol. The molecule has 0 saturated carbocycles. The second-order valence-corrected chi connectivity index (χ2v) is 5.56. The monoisotopic (exact) mass is 469 g/mol. The van der Waals surface area contributed by atoms with Gasteiger partial charge in [-0.1, -0.05) is 42.5 Å². The molecule has 2 aromatic carbocycles. The van der Waals surface area contributed by atoms with E-state index in [4.69, 9.17) is 9.47 Å². The maximum atomic E-state index is 5.39. The van der Waals surface area contributed by atoms with Crippen molar-refractivity contribution < 1.29 is 9.47 Å². The van der Waals surface area contributed by atoms with Crippen LogP contribution in [0.4, 0.5) is 0 Å². The predicted octanol–water partition coefficient (Wildman–Crippen LogP) is 3.71. The van der Waals surface area contributed by atoms with E-state index in [0.29, 0.717) is 19.7 Å². The van der Waals surface area contributed by atoms with E-state index < -0.39 is 0 Å². The minimum atomic E-state index is 0. The number of nitrogens with one attached hydrogen (secondary N) is 2. The van der Waals surface area contributed by atoms with Crippen molar-refractivity contribution >= 4 is 29.9 Å². The Kier molecular flexibility index (Phi) is 10.7. The Morgan fingerprint density at radius 3 is 2.23 bits per heavy atom. The Hall–Kier alpha value is -1.80. The number of hydrogen-bond acceptors (Lipinski definition) is 3. The number of hydrogen-bond donors (Lipinski definition) is 2. The Balaban J connectivity index is 0.00000338. The maximum absolute atomic E-state index is 5.39. The largest absolute Gasteiger partial charge is 0.496 e. The molecule has 142 valence electrons. The molecule has 0 aliphatic carbocycles. The molecule has 0 aliphatic rings. The summed E-state index contributed by atoms with van der Waals surface area (Å²) >= 11 is 0. The SMILES string of the molecule is CCNC(=NCc1ccccc1OC)NCc1ccccc1COC.I. The average molecular weight is 469 g/mol. The topological polar surface area (TPSA) is 54.9 Å². The molecule has 0 bridgehead atoms. The number of benzene rings is 2. The van der Waals surface area contributed by atoms with Gasteiger partial charge in [-0.2, -0.15) is 0 Å². The van der Waals surface area contributed by atoms with Gasteiger partial charge in [0.2, 0.25) is 0 Å². The minimum Gasteiger partial charge on any atom is -0.496 e. The Labute approximate surface area is 173 Å². The summed E-state index contributed by atoms with van der Waals surface area (Å²) in [6.07, 6.45) is 0. The second kappa shape index (κ2) is 12.5. The fourth-order valence-corrected chi connectivity index (χ4v) is 2.54. The molecular weight excluding hydrogens is 441 g/mol. The zero-order valence-electron chi connectivity index (χ0n) is 15.6. The minimum absolute atomic E-state index is 0. The number of aliphatic imine (C=N–C) groups is 1. The van der Waals surface area contributed by atoms with Crippen molar-refractivity contribution in [1.82, 2.24) is 10.6 Å². The molecule has 2 N–H and O–H groups in total. The van der Waals surface area contributed by atoms with Gasteiger partial charge in [-0.15, -0.1) is 24.0 Å². The number of nitrogens with zero attached hydrogens (tertiary/aromatic N) is 1. The summed E-state index contributed by atoms with van der Waals surface area (Å²) in [5.74, 6) is 1.63. The lowest BCUT2D eigenvalue weighted by Gasteiger charge is -2.14. The van der Waals surface area contributed by atoms with E-state index in [-0.39, 0.29) is 24.0 Å². The van der Waals surface area contributed by atoms with Crippen molar-refractivity contribution in [3.05, 3.63) is 65.2 Å². The molecule has 0 heterocycles. The van der Waals surface area contributed by atoms with E-state index in [1.54, 1.807) is 14.2 Å². The lowest BCUT2D eigenvalue weighted by molar-refractivity contribution is 0.184. The summed E-state index contributed by atoms with van der Waals surface area (Å²) in [4.78, 5) is 4.67. The normalized spacial score (nSPS) is 10.8. The first-order valence-corrected chi connectivity index (χ1v) is 8.48. The molecule has 0 spiro atoms. The van der Waals surface area contributed by atoms with Gasteiger partial charge >= 0.3 is 0 Å². The smallest absolute Gasteiger partial charge is 0.191 e. The summed E-state index contributed by atoms with van der Waals surface area (Å²) in [5.41, 5.74) is 3.44. The third-order valence-corrected chi connectivity index (χ3v) is 3.81. The van der Waals surface area contributed by atoms with Crippen LogP contribution in [0.25, 0.3) is 0 Å². The molecule has 0 aromatic heterocycles. The molecule has 0 saturated heterocycles. The van der Waals surface area contributed by atoms with Gasteiger partial charge in [0.15, 0.2) is 5.96 Å². The summed E-state index contributed by atoms with van der Waals surface area (Å²) in [6, 6.07) is 16.2. The third-order valence-electron chi connectivity index (χ3n) is 3.81. The highest BCUT2D eigenvalue weighted by molar-refractivity contribution is 14.0. The summed E-state index contributed by atoms with van der Waals surface area (Å²) in [6.45, 7) is 4.71. The van der Waals surface area contributed by atoms with Crippen LogP contribution < -0.4 is 15.4 Å². The molecule has 0 unspecified atom stereocenters. The lowest BCUT2D eigenvalue weighted by atomic mass is 10.1. The van der Waals surface area contributed by atoms with Crippen LogP contribution in [-0.2, 0) is 24.4 Å². The summed E-state index contributed by atoms with van der Waals surface area (Å²) in [5, 5.41) is 6.66. The van der Waals surface area contributed by atoms with E-state index in [1.165, 1.54) is 11.1 Å². The van der Waals surface area contributed by atoms with Crippen molar-refractivity contribution in [3.63, 3.8) is 0 Å². The Morgan fingerprint density at radius 1 is 0.923 bits per heavy atom. The number of rotatable bonds is 8. The van der Waals surface area contributed by atoms with Gasteiger partial charge in [0.05, 0.1) is 20.3 Å². The summed E-state index contributed by atoms with van der Waals surface area (Å²) < 4.78 is 10.7. The molecule has 0 fully saturated rings. The van der Waals surface area contributed by atoms with Crippen LogP contribution in [0.1, 0.15) is 23.6 Å². The Morgan fingerprint density at radius 2 is 1.58 bits per heavy atom. The van der Waals surface area contributed by atoms with Gasteiger partial charge in [-0.3, -0.25) is 0 Å². The molecule has 5 nitrogen and oxygen atoms in total. The molecular formula is C20H28IN3O2. The van der Waals surface area contributed by atoms with Crippen LogP contribution >= 0.6 is 24.0 Å². The summed E-state index contributed by atoms with van der Waals surface area (Å²) in [7, 11) is 3.39. The quantitative estimate of drug-likeness (QED) is 0.352. The van der Waals surface area contributed by atoms with E-state index in [9.17, 15) is 0 Å². The van der Waals surface area contributed by atoms with Crippen LogP contribution in [0, 0.1) is 0 Å². The van der Waals surface area contributed by atoms with E-state index in [1.807, 2.05) is 36.4 Å². The highest BCUT2D eigenvalue weighted by Gasteiger charge is 2.05. The van der Waals surface area contributed by atoms with Crippen LogP contribution in [0.15, 0.2) is 53.5 Å². The van der Waals surface area contributed by atoms with Gasteiger partial charge in [-0.25, -0.2) is 4.99 Å². The van der Waals surface area contributed by atoms with Gasteiger partial charge in [0.1, 0.15) is 5.75 Å². The van der Waals surface area contributed by atoms with Gasteiger partial charge < -0.3 is 20.1 Å². The van der Waals surface area contributed by atoms with Crippen LogP contribution in [-0.4, -0.2) is 26.7 Å². The van der Waals surface area contributed by atoms with E-state index in [0.717, 1.165) is 23.8 Å². The molecule has 2 aromatic rings. The van der Waals surface area contributed by atoms with Crippen molar-refractivity contribution in [1.29, 1.82) is 0 Å². The Bertz CT molecular complexity index is 692. The number of halogens is 1. The fraction of sp³-hybridized carbons (Fsp3) is 0.350. The average Bonchev–Trinajstić information content (AvgIpc) is 2.65. The number of ether oxygens (including phenoxy) is 2. The van der Waals surface area contributed by atoms with Gasteiger partial charge in [0.25, 0.3) is 0 Å². The molecule has 0 aliphatic heterocycles. The lowest BCUT2D eigenvalue weighted by Crippen LogP contribution is -2.37. The zero-order valence-corrected chi connectivity index (χ0v) is 17.9. The molecule has 0 radical (unpaired) electrons. The molecule has 0 amide bonds. The van der Waals surface area contributed by atoms with Crippen LogP contribution in [0.2, 0.25) is 0 Å². The highest BCUT2D eigenvalue weighted by Crippen LogP contribution is 2.18. The molecule has 6 heteroatoms. The van der Waals surface area contributed by atoms with Crippen LogP contribution in [0.3, 0.4) is 0 Å². The molecule has 2 rings (SSSR count). The van der Waals surface area contributed by atoms with Crippen molar-refractivity contribution in [2.45, 2.75) is 26.6 Å². The zero-order chi connectivity index (χ0) is 17.9. The number of guanidine groups is 1. The third kappa shape index (κ3) is 6.84. The number of para-hydroxylation sites is 1. The van der Waals surface area contributed by atoms with Crippen LogP contribution in [0.5, 0.6) is 5.75 Å². The van der Waals surface area contributed by atoms with Crippen molar-refractivity contribution in [2.24, 2.45) is 4.99 Å². The first-order valence-electron chi connectivity index (χ1n) is 8.48. The van der Waals surface area contributed by atoms with Crippen molar-refractivity contribution in [3.8, 4) is 5.75 Å². The number of methoxy groups -OCH3 is 2. The molecule has 26 heavy (non-hydrogen) atoms. The van der Waals surface area contributed by atoms with Gasteiger partial charge in [-0.05, 0) is 24.1 Å². The van der Waals surface area contributed by atoms with Crippen molar-refractivity contribution in [2.75, 3.05) is 20.8 Å². The highest BCUT2D eigenvalue weighted by atomic mass is 127. The fourth-order valence-electron chi connectivity index (χ4n) is 2.54. The maximum Gasteiger partial charge on any atom is 0.191 e. The first-order chi connectivity index (χ1) is 12.3. The second-order valence-electron chi connectivity index (χ2n) is 5.56. The molecule has 0 atom stereocenters.